The second kappa shape index (κ2) is 10.5. The summed E-state index contributed by atoms with van der Waals surface area (Å²) < 4.78 is 12.3. The normalized spacial score (nSPS) is 10.9. The molecular weight excluding hydrogens is 456 g/mol. The lowest BCUT2D eigenvalue weighted by Gasteiger charge is -2.06. The fourth-order valence-corrected chi connectivity index (χ4v) is 3.57. The molecule has 0 bridgehead atoms. The van der Waals surface area contributed by atoms with Crippen molar-refractivity contribution in [3.05, 3.63) is 88.5 Å². The fourth-order valence-electron chi connectivity index (χ4n) is 2.95. The quantitative estimate of drug-likeness (QED) is 0.240. The highest BCUT2D eigenvalue weighted by Crippen LogP contribution is 2.26. The molecule has 172 valence electrons. The second-order valence-electron chi connectivity index (χ2n) is 7.04. The molecule has 3 aromatic heterocycles. The van der Waals surface area contributed by atoms with Gasteiger partial charge in [-0.05, 0) is 48.7 Å². The van der Waals surface area contributed by atoms with E-state index in [1.54, 1.807) is 40.5 Å². The molecule has 0 saturated carbocycles. The second-order valence-corrected chi connectivity index (χ2v) is 7.99. The van der Waals surface area contributed by atoms with Crippen molar-refractivity contribution in [2.75, 3.05) is 6.61 Å². The van der Waals surface area contributed by atoms with Gasteiger partial charge in [0.2, 0.25) is 0 Å². The minimum Gasteiger partial charge on any atom is -0.460 e. The van der Waals surface area contributed by atoms with Crippen LogP contribution in [0.15, 0.2) is 76.7 Å². The maximum absolute atomic E-state index is 12.1. The first-order chi connectivity index (χ1) is 16.5. The Labute approximate surface area is 198 Å². The number of hydrazine groups is 1. The predicted octanol–water partition coefficient (Wildman–Crippen LogP) is 3.52. The predicted molar refractivity (Wildman–Crippen MR) is 126 cm³/mol. The molecule has 0 saturated heterocycles. The zero-order chi connectivity index (χ0) is 23.9. The van der Waals surface area contributed by atoms with Crippen molar-refractivity contribution in [3.63, 3.8) is 0 Å². The third-order valence-corrected chi connectivity index (χ3v) is 5.41. The summed E-state index contributed by atoms with van der Waals surface area (Å²) in [5, 5.41) is 6.34. The third kappa shape index (κ3) is 5.67. The number of aromatic nitrogens is 2. The van der Waals surface area contributed by atoms with E-state index in [4.69, 9.17) is 9.15 Å². The van der Waals surface area contributed by atoms with E-state index in [-0.39, 0.29) is 0 Å². The van der Waals surface area contributed by atoms with Crippen LogP contribution in [0, 0.1) is 6.92 Å². The number of hydrogen-bond donors (Lipinski definition) is 2. The Morgan fingerprint density at radius 1 is 1.09 bits per heavy atom. The number of nitrogens with zero attached hydrogens (tertiary/aromatic N) is 2. The van der Waals surface area contributed by atoms with Crippen molar-refractivity contribution in [1.82, 2.24) is 20.6 Å². The zero-order valence-corrected chi connectivity index (χ0v) is 18.9. The van der Waals surface area contributed by atoms with Gasteiger partial charge in [0.1, 0.15) is 11.5 Å². The minimum atomic E-state index is -0.728. The molecule has 0 aliphatic heterocycles. The number of carbonyl (C=O) groups excluding carboxylic acids is 3. The number of ether oxygens (including phenoxy) is 1. The number of para-hydroxylation sites is 1. The van der Waals surface area contributed by atoms with Gasteiger partial charge in [-0.15, -0.1) is 11.3 Å². The van der Waals surface area contributed by atoms with Gasteiger partial charge in [-0.2, -0.15) is 5.10 Å². The van der Waals surface area contributed by atoms with E-state index in [9.17, 15) is 14.4 Å². The Morgan fingerprint density at radius 3 is 2.62 bits per heavy atom. The van der Waals surface area contributed by atoms with Crippen LogP contribution < -0.4 is 10.9 Å². The number of carbonyl (C=O) groups is 3. The lowest BCUT2D eigenvalue weighted by atomic mass is 10.2. The van der Waals surface area contributed by atoms with Crippen LogP contribution in [0.25, 0.3) is 23.2 Å². The van der Waals surface area contributed by atoms with Gasteiger partial charge in [-0.25, -0.2) is 9.48 Å². The number of esters is 1. The van der Waals surface area contributed by atoms with Gasteiger partial charge < -0.3 is 9.15 Å². The van der Waals surface area contributed by atoms with Crippen LogP contribution in [0.2, 0.25) is 0 Å². The maximum atomic E-state index is 12.1. The Bertz CT molecular complexity index is 1320. The largest absolute Gasteiger partial charge is 0.460 e. The molecule has 0 unspecified atom stereocenters. The molecule has 2 amide bonds. The molecular formula is C24H20N4O5S. The van der Waals surface area contributed by atoms with Crippen molar-refractivity contribution in [2.45, 2.75) is 6.92 Å². The highest BCUT2D eigenvalue weighted by atomic mass is 32.1. The smallest absolute Gasteiger partial charge is 0.331 e. The fraction of sp³-hybridized carbons (Fsp3) is 0.0833. The summed E-state index contributed by atoms with van der Waals surface area (Å²) in [6.45, 7) is 1.28. The van der Waals surface area contributed by atoms with Crippen molar-refractivity contribution in [2.24, 2.45) is 0 Å². The summed E-state index contributed by atoms with van der Waals surface area (Å²) in [5.41, 5.74) is 6.47. The van der Waals surface area contributed by atoms with Gasteiger partial charge >= 0.3 is 5.97 Å². The molecule has 9 nitrogen and oxygen atoms in total. The minimum absolute atomic E-state index is 0.443. The van der Waals surface area contributed by atoms with Gasteiger partial charge in [0.15, 0.2) is 12.4 Å². The molecule has 1 aromatic carbocycles. The molecule has 10 heteroatoms. The van der Waals surface area contributed by atoms with Crippen LogP contribution in [0.5, 0.6) is 0 Å². The van der Waals surface area contributed by atoms with Crippen LogP contribution in [0.3, 0.4) is 0 Å². The van der Waals surface area contributed by atoms with E-state index >= 15 is 0 Å². The van der Waals surface area contributed by atoms with Gasteiger partial charge in [0, 0.05) is 17.8 Å². The summed E-state index contributed by atoms with van der Waals surface area (Å²) >= 11 is 1.24. The third-order valence-electron chi connectivity index (χ3n) is 4.54. The average Bonchev–Trinajstić information content (AvgIpc) is 3.61. The molecule has 0 fully saturated rings. The summed E-state index contributed by atoms with van der Waals surface area (Å²) in [5.74, 6) is -0.563. The zero-order valence-electron chi connectivity index (χ0n) is 18.1. The summed E-state index contributed by atoms with van der Waals surface area (Å²) in [6.07, 6.45) is 4.50. The summed E-state index contributed by atoms with van der Waals surface area (Å²) in [6, 6.07) is 16.5. The van der Waals surface area contributed by atoms with Crippen LogP contribution in [-0.4, -0.2) is 34.2 Å². The Kier molecular flexibility index (Phi) is 6.99. The molecule has 4 rings (SSSR count). The lowest BCUT2D eigenvalue weighted by molar-refractivity contribution is -0.144. The van der Waals surface area contributed by atoms with Crippen LogP contribution in [0.1, 0.15) is 21.0 Å². The summed E-state index contributed by atoms with van der Waals surface area (Å²) in [7, 11) is 0. The number of furan rings is 1. The van der Waals surface area contributed by atoms with E-state index in [1.165, 1.54) is 17.4 Å². The molecule has 2 N–H and O–H groups in total. The van der Waals surface area contributed by atoms with Gasteiger partial charge in [-0.3, -0.25) is 20.4 Å². The van der Waals surface area contributed by atoms with Crippen molar-refractivity contribution in [3.8, 4) is 17.1 Å². The monoisotopic (exact) mass is 476 g/mol. The highest BCUT2D eigenvalue weighted by molar-refractivity contribution is 7.12. The van der Waals surface area contributed by atoms with Gasteiger partial charge in [-0.1, -0.05) is 24.3 Å². The number of rotatable bonds is 7. The van der Waals surface area contributed by atoms with E-state index < -0.39 is 24.4 Å². The van der Waals surface area contributed by atoms with Crippen LogP contribution in [0.4, 0.5) is 0 Å². The first-order valence-corrected chi connectivity index (χ1v) is 11.1. The summed E-state index contributed by atoms with van der Waals surface area (Å²) in [4.78, 5) is 36.3. The number of thiophene rings is 1. The van der Waals surface area contributed by atoms with Gasteiger partial charge in [0.25, 0.3) is 11.8 Å². The van der Waals surface area contributed by atoms with Crippen molar-refractivity contribution in [1.29, 1.82) is 0 Å². The maximum Gasteiger partial charge on any atom is 0.331 e. The average molecular weight is 477 g/mol. The van der Waals surface area contributed by atoms with E-state index in [2.05, 4.69) is 16.0 Å². The van der Waals surface area contributed by atoms with E-state index in [0.29, 0.717) is 21.9 Å². The Morgan fingerprint density at radius 2 is 1.91 bits per heavy atom. The first-order valence-electron chi connectivity index (χ1n) is 10.2. The number of benzene rings is 1. The van der Waals surface area contributed by atoms with Crippen molar-refractivity contribution >= 4 is 35.2 Å². The Hall–Kier alpha value is -4.44. The Balaban J connectivity index is 1.39. The SMILES string of the molecule is Cc1ccc(-c2nn(-c3ccccc3)cc2/C=C/C(=O)OCC(=O)NNC(=O)c2cccs2)o1. The molecule has 34 heavy (non-hydrogen) atoms. The van der Waals surface area contributed by atoms with E-state index in [0.717, 1.165) is 11.4 Å². The number of hydrogen-bond acceptors (Lipinski definition) is 7. The van der Waals surface area contributed by atoms with Crippen molar-refractivity contribution < 1.29 is 23.5 Å². The lowest BCUT2D eigenvalue weighted by Crippen LogP contribution is -2.43. The number of nitrogens with one attached hydrogen (secondary N) is 2. The molecule has 0 spiro atoms. The van der Waals surface area contributed by atoms with Crippen LogP contribution >= 0.6 is 11.3 Å². The number of amides is 2. The van der Waals surface area contributed by atoms with E-state index in [1.807, 2.05) is 43.3 Å². The molecule has 4 aromatic rings. The van der Waals surface area contributed by atoms with Crippen LogP contribution in [-0.2, 0) is 14.3 Å². The topological polar surface area (TPSA) is 115 Å². The first kappa shape index (κ1) is 22.7. The molecule has 0 aliphatic carbocycles. The molecule has 0 aliphatic rings. The van der Waals surface area contributed by atoms with Gasteiger partial charge in [0.05, 0.1) is 10.6 Å². The molecule has 0 radical (unpaired) electrons. The molecule has 3 heterocycles. The molecule has 0 atom stereocenters. The standard InChI is InChI=1S/C24H20N4O5S/c1-16-9-11-19(33-16)23-17(14-28(27-23)18-6-3-2-4-7-18)10-12-22(30)32-15-21(29)25-26-24(31)20-8-5-13-34-20/h2-14H,15H2,1H3,(H,25,29)(H,26,31)/b12-10+. The highest BCUT2D eigenvalue weighted by Gasteiger charge is 2.14. The number of aryl methyl sites for hydroxylation is 1.